The second-order valence-corrected chi connectivity index (χ2v) is 3.53. The van der Waals surface area contributed by atoms with Crippen LogP contribution in [0.2, 0.25) is 0 Å². The Hall–Kier alpha value is -0.530. The highest BCUT2D eigenvalue weighted by Gasteiger charge is 1.95. The minimum absolute atomic E-state index is 0.833. The molecule has 0 aromatic heterocycles. The number of hydrogen-bond acceptors (Lipinski definition) is 1. The third kappa shape index (κ3) is 24.6. The van der Waals surface area contributed by atoms with E-state index in [1.807, 2.05) is 0 Å². The lowest BCUT2D eigenvalue weighted by atomic mass is 10.0. The molecular formula is C11H24O2. The van der Waals surface area contributed by atoms with E-state index in [0.29, 0.717) is 0 Å². The topological polar surface area (TPSA) is 37.3 Å². The summed E-state index contributed by atoms with van der Waals surface area (Å²) in [4.78, 5) is 9.00. The Labute approximate surface area is 82.4 Å². The lowest BCUT2D eigenvalue weighted by Crippen LogP contribution is -1.90. The second kappa shape index (κ2) is 11.5. The molecular weight excluding hydrogens is 164 g/mol. The van der Waals surface area contributed by atoms with E-state index in [-0.39, 0.29) is 0 Å². The van der Waals surface area contributed by atoms with Gasteiger partial charge in [0.1, 0.15) is 0 Å². The summed E-state index contributed by atoms with van der Waals surface area (Å²) in [5.41, 5.74) is 0. The molecule has 1 N–H and O–H groups in total. The van der Waals surface area contributed by atoms with Crippen molar-refractivity contribution in [2.24, 2.45) is 5.92 Å². The number of carboxylic acid groups (broad SMARTS) is 1. The predicted molar refractivity (Wildman–Crippen MR) is 56.9 cm³/mol. The van der Waals surface area contributed by atoms with Crippen molar-refractivity contribution >= 4 is 5.97 Å². The van der Waals surface area contributed by atoms with Gasteiger partial charge < -0.3 is 5.11 Å². The van der Waals surface area contributed by atoms with Crippen molar-refractivity contribution in [2.45, 2.75) is 59.8 Å². The van der Waals surface area contributed by atoms with Crippen LogP contribution in [-0.4, -0.2) is 11.1 Å². The third-order valence-electron chi connectivity index (χ3n) is 2.00. The molecule has 2 heteroatoms. The van der Waals surface area contributed by atoms with E-state index in [9.17, 15) is 0 Å². The predicted octanol–water partition coefficient (Wildman–Crippen LogP) is 3.70. The highest BCUT2D eigenvalue weighted by Crippen LogP contribution is 2.11. The number of carbonyl (C=O) groups is 1. The zero-order chi connectivity index (χ0) is 10.7. The third-order valence-corrected chi connectivity index (χ3v) is 2.00. The maximum atomic E-state index is 9.00. The molecule has 0 heterocycles. The fourth-order valence-corrected chi connectivity index (χ4v) is 0.947. The molecule has 1 unspecified atom stereocenters. The van der Waals surface area contributed by atoms with Gasteiger partial charge in [-0.25, -0.2) is 0 Å². The Bertz CT molecular complexity index is 107. The van der Waals surface area contributed by atoms with Gasteiger partial charge in [-0.1, -0.05) is 52.9 Å². The zero-order valence-corrected chi connectivity index (χ0v) is 9.47. The lowest BCUT2D eigenvalue weighted by molar-refractivity contribution is -0.134. The highest BCUT2D eigenvalue weighted by atomic mass is 16.4. The van der Waals surface area contributed by atoms with Crippen molar-refractivity contribution < 1.29 is 9.90 Å². The first-order valence-electron chi connectivity index (χ1n) is 5.24. The van der Waals surface area contributed by atoms with Crippen LogP contribution in [-0.2, 0) is 4.79 Å². The van der Waals surface area contributed by atoms with E-state index in [4.69, 9.17) is 9.90 Å². The fourth-order valence-electron chi connectivity index (χ4n) is 0.947. The Kier molecular flexibility index (Phi) is 13.2. The average Bonchev–Trinajstić information content (AvgIpc) is 2.03. The van der Waals surface area contributed by atoms with Gasteiger partial charge >= 0.3 is 0 Å². The number of rotatable bonds is 5. The van der Waals surface area contributed by atoms with Crippen molar-refractivity contribution in [3.63, 3.8) is 0 Å². The normalized spacial score (nSPS) is 11.4. The summed E-state index contributed by atoms with van der Waals surface area (Å²) in [5, 5.41) is 7.42. The molecule has 13 heavy (non-hydrogen) atoms. The van der Waals surface area contributed by atoms with Crippen LogP contribution in [0.3, 0.4) is 0 Å². The quantitative estimate of drug-likeness (QED) is 0.668. The lowest BCUT2D eigenvalue weighted by Gasteiger charge is -2.05. The monoisotopic (exact) mass is 188 g/mol. The van der Waals surface area contributed by atoms with E-state index < -0.39 is 5.97 Å². The van der Waals surface area contributed by atoms with Crippen molar-refractivity contribution in [1.82, 2.24) is 0 Å². The van der Waals surface area contributed by atoms with Crippen LogP contribution in [0.1, 0.15) is 59.8 Å². The minimum atomic E-state index is -0.833. The van der Waals surface area contributed by atoms with E-state index in [0.717, 1.165) is 12.8 Å². The van der Waals surface area contributed by atoms with Gasteiger partial charge in [0.25, 0.3) is 5.97 Å². The van der Waals surface area contributed by atoms with Crippen LogP contribution in [0.4, 0.5) is 0 Å². The maximum absolute atomic E-state index is 9.00. The van der Waals surface area contributed by atoms with Gasteiger partial charge in [0.2, 0.25) is 0 Å². The molecule has 0 aromatic carbocycles. The summed E-state index contributed by atoms with van der Waals surface area (Å²) in [7, 11) is 0. The smallest absolute Gasteiger partial charge is 0.300 e. The fraction of sp³-hybridized carbons (Fsp3) is 0.909. The van der Waals surface area contributed by atoms with Gasteiger partial charge in [-0.3, -0.25) is 4.79 Å². The van der Waals surface area contributed by atoms with E-state index in [1.165, 1.54) is 32.1 Å². The molecule has 0 rings (SSSR count). The first-order valence-corrected chi connectivity index (χ1v) is 5.24. The number of aliphatic carboxylic acids is 1. The Morgan fingerprint density at radius 3 is 2.08 bits per heavy atom. The van der Waals surface area contributed by atoms with Gasteiger partial charge in [0.05, 0.1) is 0 Å². The number of carboxylic acids is 1. The van der Waals surface area contributed by atoms with Crippen molar-refractivity contribution in [2.75, 3.05) is 0 Å². The summed E-state index contributed by atoms with van der Waals surface area (Å²) >= 11 is 0. The Morgan fingerprint density at radius 2 is 1.77 bits per heavy atom. The first-order chi connectivity index (χ1) is 6.04. The molecule has 2 nitrogen and oxygen atoms in total. The molecule has 0 spiro atoms. The van der Waals surface area contributed by atoms with Crippen LogP contribution >= 0.6 is 0 Å². The Balaban J connectivity index is 0. The van der Waals surface area contributed by atoms with E-state index in [2.05, 4.69) is 20.8 Å². The molecule has 80 valence electrons. The molecule has 0 radical (unpaired) electrons. The molecule has 0 aliphatic heterocycles. The summed E-state index contributed by atoms with van der Waals surface area (Å²) in [5.74, 6) is 0.122. The minimum Gasteiger partial charge on any atom is -0.481 e. The van der Waals surface area contributed by atoms with Crippen LogP contribution in [0.5, 0.6) is 0 Å². The molecule has 0 aliphatic carbocycles. The molecule has 0 bridgehead atoms. The van der Waals surface area contributed by atoms with Crippen LogP contribution < -0.4 is 0 Å². The van der Waals surface area contributed by atoms with Gasteiger partial charge in [-0.2, -0.15) is 0 Å². The summed E-state index contributed by atoms with van der Waals surface area (Å²) in [6.45, 7) is 7.96. The van der Waals surface area contributed by atoms with E-state index >= 15 is 0 Å². The average molecular weight is 188 g/mol. The molecule has 0 saturated carbocycles. The number of hydrogen-bond donors (Lipinski definition) is 1. The molecule has 0 amide bonds. The zero-order valence-electron chi connectivity index (χ0n) is 9.47. The van der Waals surface area contributed by atoms with Crippen molar-refractivity contribution in [3.8, 4) is 0 Å². The largest absolute Gasteiger partial charge is 0.481 e. The van der Waals surface area contributed by atoms with Crippen LogP contribution in [0.25, 0.3) is 0 Å². The van der Waals surface area contributed by atoms with Crippen LogP contribution in [0, 0.1) is 5.92 Å². The maximum Gasteiger partial charge on any atom is 0.300 e. The van der Waals surface area contributed by atoms with E-state index in [1.54, 1.807) is 0 Å². The molecule has 0 fully saturated rings. The standard InChI is InChI=1S/C9H20.C2H4O2/c1-4-6-7-8-9(3)5-2;1-2(3)4/h9H,4-8H2,1-3H3;1H3,(H,3,4). The SMILES string of the molecule is CC(=O)O.CCCCCC(C)CC. The molecule has 1 atom stereocenters. The first kappa shape index (κ1) is 15.0. The van der Waals surface area contributed by atoms with Crippen molar-refractivity contribution in [1.29, 1.82) is 0 Å². The van der Waals surface area contributed by atoms with Gasteiger partial charge in [-0.05, 0) is 5.92 Å². The van der Waals surface area contributed by atoms with Gasteiger partial charge in [0.15, 0.2) is 0 Å². The highest BCUT2D eigenvalue weighted by molar-refractivity contribution is 5.62. The van der Waals surface area contributed by atoms with Gasteiger partial charge in [0, 0.05) is 6.92 Å². The Morgan fingerprint density at radius 1 is 1.31 bits per heavy atom. The number of unbranched alkanes of at least 4 members (excludes halogenated alkanes) is 2. The summed E-state index contributed by atoms with van der Waals surface area (Å²) in [6, 6.07) is 0. The van der Waals surface area contributed by atoms with Crippen LogP contribution in [0.15, 0.2) is 0 Å². The molecule has 0 aliphatic rings. The molecule has 0 saturated heterocycles. The summed E-state index contributed by atoms with van der Waals surface area (Å²) in [6.07, 6.45) is 7.00. The summed E-state index contributed by atoms with van der Waals surface area (Å²) < 4.78 is 0. The second-order valence-electron chi connectivity index (χ2n) is 3.53. The van der Waals surface area contributed by atoms with Crippen molar-refractivity contribution in [3.05, 3.63) is 0 Å². The van der Waals surface area contributed by atoms with Gasteiger partial charge in [-0.15, -0.1) is 0 Å². The molecule has 0 aromatic rings.